The van der Waals surface area contributed by atoms with Crippen molar-refractivity contribution in [3.05, 3.63) is 0 Å². The van der Waals surface area contributed by atoms with Gasteiger partial charge < -0.3 is 10.6 Å². The number of amides is 1. The zero-order chi connectivity index (χ0) is 12.7. The van der Waals surface area contributed by atoms with E-state index in [0.29, 0.717) is 18.1 Å². The molecule has 1 unspecified atom stereocenters. The molecule has 1 amide bonds. The van der Waals surface area contributed by atoms with Gasteiger partial charge in [-0.3, -0.25) is 4.79 Å². The molecule has 0 saturated heterocycles. The maximum atomic E-state index is 10.4. The zero-order valence-electron chi connectivity index (χ0n) is 11.5. The summed E-state index contributed by atoms with van der Waals surface area (Å²) in [7, 11) is 0. The third-order valence-electron chi connectivity index (χ3n) is 3.73. The van der Waals surface area contributed by atoms with Crippen LogP contribution in [0.5, 0.6) is 0 Å². The second-order valence-electron chi connectivity index (χ2n) is 5.87. The van der Waals surface area contributed by atoms with Crippen LogP contribution < -0.4 is 10.6 Å². The molecule has 0 spiro atoms. The Morgan fingerprint density at radius 3 is 2.18 bits per heavy atom. The fourth-order valence-corrected chi connectivity index (χ4v) is 2.59. The van der Waals surface area contributed by atoms with E-state index in [2.05, 4.69) is 31.4 Å². The lowest BCUT2D eigenvalue weighted by molar-refractivity contribution is -0.110. The van der Waals surface area contributed by atoms with Crippen LogP contribution in [0.3, 0.4) is 0 Å². The maximum absolute atomic E-state index is 10.4. The second kappa shape index (κ2) is 7.70. The van der Waals surface area contributed by atoms with Crippen molar-refractivity contribution >= 4 is 6.41 Å². The molecule has 1 rings (SSSR count). The fraction of sp³-hybridized carbons (Fsp3) is 0.929. The summed E-state index contributed by atoms with van der Waals surface area (Å²) in [4.78, 5) is 10.4. The molecule has 0 bridgehead atoms. The number of hydrogen-bond donors (Lipinski definition) is 2. The highest BCUT2D eigenvalue weighted by molar-refractivity contribution is 5.46. The molecule has 1 aliphatic carbocycles. The van der Waals surface area contributed by atoms with Crippen LogP contribution in [0.25, 0.3) is 0 Å². The molecule has 1 fully saturated rings. The predicted molar refractivity (Wildman–Crippen MR) is 71.9 cm³/mol. The molecule has 2 N–H and O–H groups in total. The number of nitrogens with one attached hydrogen (secondary N) is 2. The number of carbonyl (C=O) groups is 1. The van der Waals surface area contributed by atoms with Crippen LogP contribution in [0.15, 0.2) is 0 Å². The molecule has 100 valence electrons. The lowest BCUT2D eigenvalue weighted by Crippen LogP contribution is -2.42. The summed E-state index contributed by atoms with van der Waals surface area (Å²) in [6.07, 6.45) is 8.03. The molecular formula is C14H28N2O. The van der Waals surface area contributed by atoms with Gasteiger partial charge in [0.2, 0.25) is 6.41 Å². The van der Waals surface area contributed by atoms with Crippen molar-refractivity contribution in [2.45, 2.75) is 77.4 Å². The van der Waals surface area contributed by atoms with Crippen molar-refractivity contribution in [3.8, 4) is 0 Å². The summed E-state index contributed by atoms with van der Waals surface area (Å²) in [5.74, 6) is 0.798. The molecule has 0 aromatic heterocycles. The van der Waals surface area contributed by atoms with E-state index < -0.39 is 0 Å². The Morgan fingerprint density at radius 1 is 1.06 bits per heavy atom. The van der Waals surface area contributed by atoms with E-state index in [1.165, 1.54) is 25.7 Å². The minimum atomic E-state index is 0.413. The molecule has 0 heterocycles. The third-order valence-corrected chi connectivity index (χ3v) is 3.73. The Balaban J connectivity index is 2.14. The van der Waals surface area contributed by atoms with Gasteiger partial charge in [-0.2, -0.15) is 0 Å². The number of carbonyl (C=O) groups excluding carboxylic acids is 1. The smallest absolute Gasteiger partial charge is 0.207 e. The summed E-state index contributed by atoms with van der Waals surface area (Å²) in [5.41, 5.74) is 0. The van der Waals surface area contributed by atoms with Crippen molar-refractivity contribution in [3.63, 3.8) is 0 Å². The molecule has 17 heavy (non-hydrogen) atoms. The van der Waals surface area contributed by atoms with Crippen LogP contribution in [0.2, 0.25) is 0 Å². The van der Waals surface area contributed by atoms with E-state index in [-0.39, 0.29) is 0 Å². The highest BCUT2D eigenvalue weighted by Crippen LogP contribution is 2.19. The Bertz CT molecular complexity index is 210. The van der Waals surface area contributed by atoms with Gasteiger partial charge in [-0.05, 0) is 51.4 Å². The van der Waals surface area contributed by atoms with Crippen molar-refractivity contribution in [2.75, 3.05) is 0 Å². The van der Waals surface area contributed by atoms with Gasteiger partial charge in [0.15, 0.2) is 0 Å². The highest BCUT2D eigenvalue weighted by Gasteiger charge is 2.21. The maximum Gasteiger partial charge on any atom is 0.207 e. The van der Waals surface area contributed by atoms with E-state index in [1.54, 1.807) is 0 Å². The molecule has 0 aromatic carbocycles. The minimum absolute atomic E-state index is 0.413. The van der Waals surface area contributed by atoms with Gasteiger partial charge in [-0.15, -0.1) is 0 Å². The Labute approximate surface area is 106 Å². The van der Waals surface area contributed by atoms with Gasteiger partial charge >= 0.3 is 0 Å². The molecule has 1 saturated carbocycles. The van der Waals surface area contributed by atoms with Crippen LogP contribution in [-0.2, 0) is 4.79 Å². The third kappa shape index (κ3) is 6.06. The van der Waals surface area contributed by atoms with Crippen LogP contribution >= 0.6 is 0 Å². The van der Waals surface area contributed by atoms with Crippen LogP contribution in [-0.4, -0.2) is 24.5 Å². The summed E-state index contributed by atoms with van der Waals surface area (Å²) in [6, 6.07) is 1.69. The predicted octanol–water partition coefficient (Wildman–Crippen LogP) is 2.46. The van der Waals surface area contributed by atoms with Gasteiger partial charge in [0.1, 0.15) is 0 Å². The summed E-state index contributed by atoms with van der Waals surface area (Å²) >= 11 is 0. The first-order valence-corrected chi connectivity index (χ1v) is 7.07. The monoisotopic (exact) mass is 240 g/mol. The van der Waals surface area contributed by atoms with Crippen LogP contribution in [0.1, 0.15) is 59.3 Å². The van der Waals surface area contributed by atoms with Crippen molar-refractivity contribution in [2.24, 2.45) is 5.92 Å². The minimum Gasteiger partial charge on any atom is -0.356 e. The van der Waals surface area contributed by atoms with E-state index in [1.807, 2.05) is 0 Å². The average molecular weight is 240 g/mol. The number of rotatable bonds is 7. The second-order valence-corrected chi connectivity index (χ2v) is 5.87. The quantitative estimate of drug-likeness (QED) is 0.671. The Kier molecular flexibility index (Phi) is 6.56. The summed E-state index contributed by atoms with van der Waals surface area (Å²) < 4.78 is 0. The highest BCUT2D eigenvalue weighted by atomic mass is 16.1. The van der Waals surface area contributed by atoms with E-state index >= 15 is 0 Å². The molecule has 3 nitrogen and oxygen atoms in total. The molecule has 1 atom stereocenters. The van der Waals surface area contributed by atoms with Crippen molar-refractivity contribution in [1.29, 1.82) is 0 Å². The fourth-order valence-electron chi connectivity index (χ4n) is 2.59. The van der Waals surface area contributed by atoms with Gasteiger partial charge in [0.05, 0.1) is 0 Å². The van der Waals surface area contributed by atoms with E-state index in [4.69, 9.17) is 0 Å². The zero-order valence-corrected chi connectivity index (χ0v) is 11.5. The molecule has 3 heteroatoms. The van der Waals surface area contributed by atoms with Crippen molar-refractivity contribution < 1.29 is 4.79 Å². The first-order valence-electron chi connectivity index (χ1n) is 7.07. The normalized spacial score (nSPS) is 26.8. The molecular weight excluding hydrogens is 212 g/mol. The van der Waals surface area contributed by atoms with Crippen molar-refractivity contribution in [1.82, 2.24) is 10.6 Å². The molecule has 0 aromatic rings. The summed E-state index contributed by atoms with van der Waals surface area (Å²) in [5, 5.41) is 6.61. The lowest BCUT2D eigenvalue weighted by Gasteiger charge is -2.31. The lowest BCUT2D eigenvalue weighted by atomic mass is 9.90. The summed E-state index contributed by atoms with van der Waals surface area (Å²) in [6.45, 7) is 6.85. The molecule has 0 aliphatic heterocycles. The Morgan fingerprint density at radius 2 is 1.65 bits per heavy atom. The molecule has 1 aliphatic rings. The van der Waals surface area contributed by atoms with E-state index in [9.17, 15) is 4.79 Å². The van der Waals surface area contributed by atoms with Gasteiger partial charge in [-0.25, -0.2) is 0 Å². The van der Waals surface area contributed by atoms with E-state index in [0.717, 1.165) is 25.2 Å². The van der Waals surface area contributed by atoms with Gasteiger partial charge in [0.25, 0.3) is 0 Å². The Hall–Kier alpha value is -0.570. The van der Waals surface area contributed by atoms with Crippen LogP contribution in [0, 0.1) is 5.92 Å². The van der Waals surface area contributed by atoms with Gasteiger partial charge in [-0.1, -0.05) is 13.8 Å². The first-order chi connectivity index (χ1) is 8.11. The largest absolute Gasteiger partial charge is 0.356 e. The first kappa shape index (κ1) is 14.5. The standard InChI is InChI=1S/C14H28N2O/c1-11(2)4-5-12(3)16-14-8-6-13(7-9-14)15-10-17/h10-14,16H,4-9H2,1-3H3,(H,15,17). The molecule has 0 radical (unpaired) electrons. The number of hydrogen-bond acceptors (Lipinski definition) is 2. The topological polar surface area (TPSA) is 41.1 Å². The SMILES string of the molecule is CC(C)CCC(C)NC1CCC(NC=O)CC1. The van der Waals surface area contributed by atoms with Gasteiger partial charge in [0, 0.05) is 18.1 Å². The average Bonchev–Trinajstić information content (AvgIpc) is 2.29. The van der Waals surface area contributed by atoms with Crippen LogP contribution in [0.4, 0.5) is 0 Å².